The van der Waals surface area contributed by atoms with Gasteiger partial charge in [0.1, 0.15) is 0 Å². The number of nitrogens with one attached hydrogen (secondary N) is 1. The van der Waals surface area contributed by atoms with Crippen molar-refractivity contribution in [3.8, 4) is 0 Å². The van der Waals surface area contributed by atoms with Crippen LogP contribution in [-0.2, 0) is 4.79 Å². The number of fused-ring (bicyclic) bond motifs is 3. The second kappa shape index (κ2) is 4.68. The Kier molecular flexibility index (Phi) is 3.21. The predicted octanol–water partition coefficient (Wildman–Crippen LogP) is 2.56. The Labute approximate surface area is 118 Å². The minimum Gasteiger partial charge on any atom is -0.365 e. The minimum atomic E-state index is 0.142. The molecule has 17 heavy (non-hydrogen) atoms. The molecule has 1 amide bonds. The van der Waals surface area contributed by atoms with Crippen LogP contribution in [0.2, 0.25) is 0 Å². The third-order valence-electron chi connectivity index (χ3n) is 3.19. The molecule has 0 aliphatic carbocycles. The molecular formula is C12H13IN2OS. The first-order chi connectivity index (χ1) is 8.24. The van der Waals surface area contributed by atoms with Gasteiger partial charge in [0, 0.05) is 34.1 Å². The average Bonchev–Trinajstić information content (AvgIpc) is 2.43. The molecule has 2 aliphatic heterocycles. The van der Waals surface area contributed by atoms with Crippen LogP contribution in [0.4, 0.5) is 11.4 Å². The van der Waals surface area contributed by atoms with Crippen LogP contribution in [0.3, 0.4) is 0 Å². The molecule has 5 heteroatoms. The van der Waals surface area contributed by atoms with Gasteiger partial charge in [-0.05, 0) is 40.8 Å². The van der Waals surface area contributed by atoms with Crippen LogP contribution in [0.25, 0.3) is 0 Å². The summed E-state index contributed by atoms with van der Waals surface area (Å²) >= 11 is 4.23. The molecule has 1 atom stereocenters. The summed E-state index contributed by atoms with van der Waals surface area (Å²) in [6, 6.07) is 6.65. The summed E-state index contributed by atoms with van der Waals surface area (Å²) in [6.45, 7) is 1.04. The molecule has 3 rings (SSSR count). The highest BCUT2D eigenvalue weighted by molar-refractivity contribution is 14.1. The first-order valence-electron chi connectivity index (χ1n) is 5.68. The molecule has 3 nitrogen and oxygen atoms in total. The first kappa shape index (κ1) is 11.6. The lowest BCUT2D eigenvalue weighted by atomic mass is 10.1. The first-order valence-corrected chi connectivity index (χ1v) is 7.91. The molecule has 1 unspecified atom stereocenters. The highest BCUT2D eigenvalue weighted by Gasteiger charge is 2.30. The summed E-state index contributed by atoms with van der Waals surface area (Å²) in [5.74, 6) is 2.35. The number of carbonyl (C=O) groups excluding carboxylic acids is 1. The zero-order chi connectivity index (χ0) is 11.8. The number of thioether (sulfide) groups is 1. The summed E-state index contributed by atoms with van der Waals surface area (Å²) < 4.78 is 1.16. The lowest BCUT2D eigenvalue weighted by Crippen LogP contribution is -2.42. The molecule has 1 saturated heterocycles. The molecule has 0 spiro atoms. The molecule has 2 aliphatic rings. The van der Waals surface area contributed by atoms with Gasteiger partial charge in [-0.2, -0.15) is 11.8 Å². The molecule has 0 bridgehead atoms. The Morgan fingerprint density at radius 2 is 2.35 bits per heavy atom. The molecule has 90 valence electrons. The van der Waals surface area contributed by atoms with Crippen molar-refractivity contribution in [2.24, 2.45) is 0 Å². The van der Waals surface area contributed by atoms with E-state index in [9.17, 15) is 4.79 Å². The largest absolute Gasteiger partial charge is 0.365 e. The van der Waals surface area contributed by atoms with Crippen LogP contribution in [0.5, 0.6) is 0 Å². The smallest absolute Gasteiger partial charge is 0.226 e. The van der Waals surface area contributed by atoms with Gasteiger partial charge in [-0.25, -0.2) is 0 Å². The number of rotatable bonds is 0. The maximum atomic E-state index is 11.9. The van der Waals surface area contributed by atoms with Crippen LogP contribution in [0, 0.1) is 3.57 Å². The van der Waals surface area contributed by atoms with E-state index in [-0.39, 0.29) is 5.91 Å². The Morgan fingerprint density at radius 3 is 3.24 bits per heavy atom. The van der Waals surface area contributed by atoms with Gasteiger partial charge < -0.3 is 10.2 Å². The van der Waals surface area contributed by atoms with Crippen LogP contribution >= 0.6 is 34.4 Å². The standard InChI is InChI=1S/C12H13IN2OS/c13-8-1-2-11-10(5-8)14-12(16)6-9-7-17-4-3-15(9)11/h1-2,5,9H,3-4,6-7H2,(H,14,16). The second-order valence-electron chi connectivity index (χ2n) is 4.34. The monoisotopic (exact) mass is 360 g/mol. The molecule has 1 N–H and O–H groups in total. The van der Waals surface area contributed by atoms with E-state index < -0.39 is 0 Å². The topological polar surface area (TPSA) is 32.3 Å². The summed E-state index contributed by atoms with van der Waals surface area (Å²) in [7, 11) is 0. The average molecular weight is 360 g/mol. The Balaban J connectivity index is 2.05. The molecule has 2 heterocycles. The normalized spacial score (nSPS) is 23.5. The number of amides is 1. The Bertz CT molecular complexity index is 466. The Hall–Kier alpha value is -0.430. The van der Waals surface area contributed by atoms with Crippen molar-refractivity contribution < 1.29 is 4.79 Å². The van der Waals surface area contributed by atoms with Crippen molar-refractivity contribution in [2.75, 3.05) is 28.3 Å². The molecule has 1 aromatic rings. The fourth-order valence-electron chi connectivity index (χ4n) is 2.42. The lowest BCUT2D eigenvalue weighted by molar-refractivity contribution is -0.116. The van der Waals surface area contributed by atoms with Gasteiger partial charge in [0.15, 0.2) is 0 Å². The molecule has 0 aromatic heterocycles. The van der Waals surface area contributed by atoms with E-state index in [1.807, 2.05) is 11.8 Å². The number of halogens is 1. The van der Waals surface area contributed by atoms with Crippen molar-refractivity contribution in [1.29, 1.82) is 0 Å². The molecule has 0 radical (unpaired) electrons. The number of hydrogen-bond acceptors (Lipinski definition) is 3. The fourth-order valence-corrected chi connectivity index (χ4v) is 3.97. The van der Waals surface area contributed by atoms with Gasteiger partial charge in [0.05, 0.1) is 11.4 Å². The third kappa shape index (κ3) is 2.27. The zero-order valence-corrected chi connectivity index (χ0v) is 12.3. The van der Waals surface area contributed by atoms with Crippen molar-refractivity contribution in [3.63, 3.8) is 0 Å². The third-order valence-corrected chi connectivity index (χ3v) is 4.95. The highest BCUT2D eigenvalue weighted by Crippen LogP contribution is 2.35. The maximum absolute atomic E-state index is 11.9. The zero-order valence-electron chi connectivity index (χ0n) is 9.28. The summed E-state index contributed by atoms with van der Waals surface area (Å²) in [5, 5.41) is 3.02. The van der Waals surface area contributed by atoms with Crippen LogP contribution < -0.4 is 10.2 Å². The lowest BCUT2D eigenvalue weighted by Gasteiger charge is -2.35. The SMILES string of the molecule is O=C1CC2CSCCN2c2ccc(I)cc2N1. The van der Waals surface area contributed by atoms with E-state index in [0.717, 1.165) is 27.3 Å². The Morgan fingerprint density at radius 1 is 1.47 bits per heavy atom. The number of carbonyl (C=O) groups is 1. The number of hydrogen-bond donors (Lipinski definition) is 1. The fraction of sp³-hybridized carbons (Fsp3) is 0.417. The quantitative estimate of drug-likeness (QED) is 0.722. The van der Waals surface area contributed by atoms with Crippen molar-refractivity contribution in [2.45, 2.75) is 12.5 Å². The maximum Gasteiger partial charge on any atom is 0.226 e. The predicted molar refractivity (Wildman–Crippen MR) is 80.9 cm³/mol. The number of anilines is 2. The van der Waals surface area contributed by atoms with Crippen LogP contribution in [0.15, 0.2) is 18.2 Å². The number of nitrogens with zero attached hydrogens (tertiary/aromatic N) is 1. The van der Waals surface area contributed by atoms with Gasteiger partial charge in [-0.1, -0.05) is 0 Å². The van der Waals surface area contributed by atoms with Gasteiger partial charge in [-0.3, -0.25) is 4.79 Å². The molecule has 1 aromatic carbocycles. The van der Waals surface area contributed by atoms with Crippen molar-refractivity contribution in [3.05, 3.63) is 21.8 Å². The minimum absolute atomic E-state index is 0.142. The molecule has 1 fully saturated rings. The van der Waals surface area contributed by atoms with E-state index >= 15 is 0 Å². The van der Waals surface area contributed by atoms with Gasteiger partial charge in [-0.15, -0.1) is 0 Å². The van der Waals surface area contributed by atoms with Gasteiger partial charge in [0.2, 0.25) is 5.91 Å². The van der Waals surface area contributed by atoms with Gasteiger partial charge >= 0.3 is 0 Å². The van der Waals surface area contributed by atoms with E-state index in [4.69, 9.17) is 0 Å². The summed E-state index contributed by atoms with van der Waals surface area (Å²) in [6.07, 6.45) is 0.609. The molecular weight excluding hydrogens is 347 g/mol. The highest BCUT2D eigenvalue weighted by atomic mass is 127. The second-order valence-corrected chi connectivity index (χ2v) is 6.73. The van der Waals surface area contributed by atoms with E-state index in [1.165, 1.54) is 5.69 Å². The molecule has 0 saturated carbocycles. The van der Waals surface area contributed by atoms with Crippen molar-refractivity contribution >= 4 is 51.6 Å². The van der Waals surface area contributed by atoms with E-state index in [2.05, 4.69) is 51.0 Å². The summed E-state index contributed by atoms with van der Waals surface area (Å²) in [5.41, 5.74) is 2.15. The van der Waals surface area contributed by atoms with Crippen LogP contribution in [-0.4, -0.2) is 30.0 Å². The van der Waals surface area contributed by atoms with Crippen molar-refractivity contribution in [1.82, 2.24) is 0 Å². The van der Waals surface area contributed by atoms with E-state index in [1.54, 1.807) is 0 Å². The van der Waals surface area contributed by atoms with Gasteiger partial charge in [0.25, 0.3) is 0 Å². The van der Waals surface area contributed by atoms with E-state index in [0.29, 0.717) is 12.5 Å². The summed E-state index contributed by atoms with van der Waals surface area (Å²) in [4.78, 5) is 14.3. The van der Waals surface area contributed by atoms with Crippen LogP contribution in [0.1, 0.15) is 6.42 Å². The number of benzene rings is 1.